The van der Waals surface area contributed by atoms with Gasteiger partial charge in [-0.1, -0.05) is 19.9 Å². The number of benzene rings is 1. The van der Waals surface area contributed by atoms with Gasteiger partial charge in [-0.15, -0.1) is 0 Å². The predicted molar refractivity (Wildman–Crippen MR) is 77.4 cm³/mol. The summed E-state index contributed by atoms with van der Waals surface area (Å²) >= 11 is 0. The summed E-state index contributed by atoms with van der Waals surface area (Å²) in [6, 6.07) is 6.16. The number of aryl methyl sites for hydroxylation is 1. The topological polar surface area (TPSA) is 41.5 Å². The van der Waals surface area contributed by atoms with Gasteiger partial charge in [0, 0.05) is 26.3 Å². The fourth-order valence-corrected chi connectivity index (χ4v) is 2.68. The van der Waals surface area contributed by atoms with Gasteiger partial charge in [0.05, 0.1) is 0 Å². The summed E-state index contributed by atoms with van der Waals surface area (Å²) in [4.78, 5) is 0. The second kappa shape index (κ2) is 5.93. The van der Waals surface area contributed by atoms with Gasteiger partial charge in [0.1, 0.15) is 5.75 Å². The SMILES string of the molecule is COCCC(C)(C)CNC1CCc2cc(O)ccc21. The minimum absolute atomic E-state index is 0.246. The van der Waals surface area contributed by atoms with Crippen molar-refractivity contribution in [3.63, 3.8) is 0 Å². The lowest BCUT2D eigenvalue weighted by atomic mass is 9.89. The van der Waals surface area contributed by atoms with Crippen LogP contribution >= 0.6 is 0 Å². The fraction of sp³-hybridized carbons (Fsp3) is 0.625. The zero-order valence-electron chi connectivity index (χ0n) is 12.2. The van der Waals surface area contributed by atoms with Crippen LogP contribution in [0.25, 0.3) is 0 Å². The lowest BCUT2D eigenvalue weighted by Crippen LogP contribution is -2.32. The number of nitrogens with one attached hydrogen (secondary N) is 1. The Labute approximate surface area is 116 Å². The number of rotatable bonds is 6. The molecule has 0 aromatic heterocycles. The Bertz CT molecular complexity index is 429. The Hall–Kier alpha value is -1.06. The summed E-state index contributed by atoms with van der Waals surface area (Å²) < 4.78 is 5.16. The molecule has 19 heavy (non-hydrogen) atoms. The Morgan fingerprint density at radius 3 is 2.95 bits per heavy atom. The highest BCUT2D eigenvalue weighted by molar-refractivity contribution is 5.40. The fourth-order valence-electron chi connectivity index (χ4n) is 2.68. The first kappa shape index (κ1) is 14.4. The molecular weight excluding hydrogens is 238 g/mol. The van der Waals surface area contributed by atoms with E-state index in [0.717, 1.165) is 32.4 Å². The van der Waals surface area contributed by atoms with Crippen molar-refractivity contribution < 1.29 is 9.84 Å². The zero-order chi connectivity index (χ0) is 13.9. The second-order valence-corrected chi connectivity index (χ2v) is 6.26. The van der Waals surface area contributed by atoms with Gasteiger partial charge in [0.25, 0.3) is 0 Å². The van der Waals surface area contributed by atoms with Crippen molar-refractivity contribution in [2.75, 3.05) is 20.3 Å². The number of ether oxygens (including phenoxy) is 1. The highest BCUT2D eigenvalue weighted by Gasteiger charge is 2.25. The smallest absolute Gasteiger partial charge is 0.115 e. The average molecular weight is 263 g/mol. The van der Waals surface area contributed by atoms with Gasteiger partial charge < -0.3 is 15.2 Å². The molecule has 0 aliphatic heterocycles. The maximum Gasteiger partial charge on any atom is 0.115 e. The number of phenols is 1. The predicted octanol–water partition coefficient (Wildman–Crippen LogP) is 3.03. The lowest BCUT2D eigenvalue weighted by Gasteiger charge is -2.27. The minimum Gasteiger partial charge on any atom is -0.508 e. The summed E-state index contributed by atoms with van der Waals surface area (Å²) in [6.45, 7) is 6.34. The first-order chi connectivity index (χ1) is 9.02. The molecule has 106 valence electrons. The molecule has 0 amide bonds. The van der Waals surface area contributed by atoms with E-state index in [1.54, 1.807) is 13.2 Å². The second-order valence-electron chi connectivity index (χ2n) is 6.26. The Balaban J connectivity index is 1.92. The van der Waals surface area contributed by atoms with E-state index in [1.165, 1.54) is 11.1 Å². The van der Waals surface area contributed by atoms with Crippen LogP contribution in [0.3, 0.4) is 0 Å². The van der Waals surface area contributed by atoms with Crippen LogP contribution in [0.5, 0.6) is 5.75 Å². The zero-order valence-corrected chi connectivity index (χ0v) is 12.2. The van der Waals surface area contributed by atoms with Crippen LogP contribution in [0.2, 0.25) is 0 Å². The Kier molecular flexibility index (Phi) is 4.48. The summed E-state index contributed by atoms with van der Waals surface area (Å²) in [5.74, 6) is 0.375. The molecule has 0 fully saturated rings. The van der Waals surface area contributed by atoms with Crippen LogP contribution in [0.15, 0.2) is 18.2 Å². The maximum atomic E-state index is 9.50. The van der Waals surface area contributed by atoms with Crippen molar-refractivity contribution in [1.82, 2.24) is 5.32 Å². The van der Waals surface area contributed by atoms with Gasteiger partial charge >= 0.3 is 0 Å². The molecule has 3 nitrogen and oxygen atoms in total. The first-order valence-corrected chi connectivity index (χ1v) is 7.06. The molecule has 0 radical (unpaired) electrons. The van der Waals surface area contributed by atoms with Crippen LogP contribution in [-0.2, 0) is 11.2 Å². The third kappa shape index (κ3) is 3.71. The molecule has 1 aliphatic rings. The molecule has 1 aliphatic carbocycles. The standard InChI is InChI=1S/C16H25NO2/c1-16(2,8-9-19-3)11-17-15-7-4-12-10-13(18)5-6-14(12)15/h5-6,10,15,17-18H,4,7-9,11H2,1-3H3. The molecule has 2 N–H and O–H groups in total. The Morgan fingerprint density at radius 1 is 1.42 bits per heavy atom. The van der Waals surface area contributed by atoms with E-state index < -0.39 is 0 Å². The van der Waals surface area contributed by atoms with Crippen molar-refractivity contribution in [2.45, 2.75) is 39.2 Å². The molecule has 2 rings (SSSR count). The van der Waals surface area contributed by atoms with Crippen LogP contribution in [-0.4, -0.2) is 25.4 Å². The van der Waals surface area contributed by atoms with Gasteiger partial charge in [-0.2, -0.15) is 0 Å². The van der Waals surface area contributed by atoms with Crippen molar-refractivity contribution in [3.05, 3.63) is 29.3 Å². The summed E-state index contributed by atoms with van der Waals surface area (Å²) in [6.07, 6.45) is 3.24. The van der Waals surface area contributed by atoms with E-state index in [2.05, 4.69) is 25.2 Å². The van der Waals surface area contributed by atoms with Gasteiger partial charge in [-0.25, -0.2) is 0 Å². The molecule has 0 saturated carbocycles. The highest BCUT2D eigenvalue weighted by atomic mass is 16.5. The molecule has 1 aromatic rings. The Morgan fingerprint density at radius 2 is 2.21 bits per heavy atom. The number of aromatic hydroxyl groups is 1. The summed E-state index contributed by atoms with van der Waals surface area (Å²) in [5, 5.41) is 13.2. The van der Waals surface area contributed by atoms with E-state index in [0.29, 0.717) is 11.8 Å². The van der Waals surface area contributed by atoms with Gasteiger partial charge in [-0.05, 0) is 47.9 Å². The van der Waals surface area contributed by atoms with Gasteiger partial charge in [0.2, 0.25) is 0 Å². The molecule has 1 aromatic carbocycles. The molecule has 3 heteroatoms. The number of methoxy groups -OCH3 is 1. The molecule has 1 atom stereocenters. The molecule has 0 saturated heterocycles. The third-order valence-corrected chi connectivity index (χ3v) is 4.01. The molecule has 0 heterocycles. The van der Waals surface area contributed by atoms with Crippen molar-refractivity contribution in [2.24, 2.45) is 5.41 Å². The molecule has 0 bridgehead atoms. The van der Waals surface area contributed by atoms with Crippen LogP contribution in [0, 0.1) is 5.41 Å². The van der Waals surface area contributed by atoms with E-state index in [4.69, 9.17) is 4.74 Å². The molecule has 0 spiro atoms. The molecule has 1 unspecified atom stereocenters. The summed E-state index contributed by atoms with van der Waals surface area (Å²) in [7, 11) is 1.75. The van der Waals surface area contributed by atoms with Crippen LogP contribution in [0.4, 0.5) is 0 Å². The van der Waals surface area contributed by atoms with E-state index >= 15 is 0 Å². The van der Waals surface area contributed by atoms with Gasteiger partial charge in [0.15, 0.2) is 0 Å². The lowest BCUT2D eigenvalue weighted by molar-refractivity contribution is 0.149. The van der Waals surface area contributed by atoms with Crippen LogP contribution in [0.1, 0.15) is 43.9 Å². The average Bonchev–Trinajstić information content (AvgIpc) is 2.76. The summed E-state index contributed by atoms with van der Waals surface area (Å²) in [5.41, 5.74) is 2.88. The van der Waals surface area contributed by atoms with E-state index in [-0.39, 0.29) is 5.41 Å². The number of phenolic OH excluding ortho intramolecular Hbond substituents is 1. The van der Waals surface area contributed by atoms with Gasteiger partial charge in [-0.3, -0.25) is 0 Å². The third-order valence-electron chi connectivity index (χ3n) is 4.01. The highest BCUT2D eigenvalue weighted by Crippen LogP contribution is 2.34. The van der Waals surface area contributed by atoms with Crippen molar-refractivity contribution in [1.29, 1.82) is 0 Å². The maximum absolute atomic E-state index is 9.50. The number of hydrogen-bond acceptors (Lipinski definition) is 3. The largest absolute Gasteiger partial charge is 0.508 e. The minimum atomic E-state index is 0.246. The monoisotopic (exact) mass is 263 g/mol. The van der Waals surface area contributed by atoms with E-state index in [1.807, 2.05) is 6.07 Å². The van der Waals surface area contributed by atoms with Crippen molar-refractivity contribution >= 4 is 0 Å². The van der Waals surface area contributed by atoms with Crippen molar-refractivity contribution in [3.8, 4) is 5.75 Å². The number of fused-ring (bicyclic) bond motifs is 1. The van der Waals surface area contributed by atoms with Crippen LogP contribution < -0.4 is 5.32 Å². The first-order valence-electron chi connectivity index (χ1n) is 7.06. The van der Waals surface area contributed by atoms with E-state index in [9.17, 15) is 5.11 Å². The number of hydrogen-bond donors (Lipinski definition) is 2. The quantitative estimate of drug-likeness (QED) is 0.829. The molecular formula is C16H25NO2. The normalized spacial score (nSPS) is 18.6.